The molecule has 1 saturated carbocycles. The van der Waals surface area contributed by atoms with E-state index < -0.39 is 0 Å². The molecule has 114 valence electrons. The maximum absolute atomic E-state index is 3.64. The highest BCUT2D eigenvalue weighted by Crippen LogP contribution is 2.65. The van der Waals surface area contributed by atoms with Crippen LogP contribution in [0, 0.1) is 11.8 Å². The van der Waals surface area contributed by atoms with E-state index in [0.29, 0.717) is 5.41 Å². The summed E-state index contributed by atoms with van der Waals surface area (Å²) in [6, 6.07) is 19.8. The van der Waals surface area contributed by atoms with Crippen LogP contribution in [-0.2, 0) is 12.0 Å². The van der Waals surface area contributed by atoms with E-state index in [9.17, 15) is 0 Å². The Balaban J connectivity index is 1.49. The molecule has 1 aliphatic carbocycles. The van der Waals surface area contributed by atoms with Crippen LogP contribution >= 0.6 is 15.9 Å². The molecule has 0 amide bonds. The standard InChI is InChI=1S/C20H22BrN/c1-2-20(16-9-6-10-17(21)11-16)18-13-22(14-19(18)20)12-15-7-4-3-5-8-15/h3-11,18-19H,2,12-14H2,1H3. The van der Waals surface area contributed by atoms with Crippen molar-refractivity contribution < 1.29 is 0 Å². The molecular formula is C20H22BrN. The first-order valence-corrected chi connectivity index (χ1v) is 9.05. The van der Waals surface area contributed by atoms with Gasteiger partial charge in [-0.05, 0) is 41.5 Å². The van der Waals surface area contributed by atoms with E-state index in [-0.39, 0.29) is 0 Å². The maximum Gasteiger partial charge on any atom is 0.0233 e. The zero-order valence-electron chi connectivity index (χ0n) is 13.0. The Labute approximate surface area is 141 Å². The quantitative estimate of drug-likeness (QED) is 0.756. The molecule has 0 radical (unpaired) electrons. The fourth-order valence-corrected chi connectivity index (χ4v) is 5.12. The van der Waals surface area contributed by atoms with Crippen LogP contribution < -0.4 is 0 Å². The average molecular weight is 356 g/mol. The van der Waals surface area contributed by atoms with E-state index in [1.165, 1.54) is 29.5 Å². The third kappa shape index (κ3) is 2.24. The predicted octanol–water partition coefficient (Wildman–Crippen LogP) is 4.86. The van der Waals surface area contributed by atoms with Gasteiger partial charge >= 0.3 is 0 Å². The fraction of sp³-hybridized carbons (Fsp3) is 0.400. The largest absolute Gasteiger partial charge is 0.298 e. The van der Waals surface area contributed by atoms with Gasteiger partial charge in [-0.15, -0.1) is 0 Å². The minimum absolute atomic E-state index is 0.441. The molecule has 2 fully saturated rings. The van der Waals surface area contributed by atoms with Crippen LogP contribution in [-0.4, -0.2) is 18.0 Å². The van der Waals surface area contributed by atoms with Crippen molar-refractivity contribution in [2.24, 2.45) is 11.8 Å². The summed E-state index contributed by atoms with van der Waals surface area (Å²) in [5, 5.41) is 0. The monoisotopic (exact) mass is 355 g/mol. The molecule has 0 N–H and O–H groups in total. The van der Waals surface area contributed by atoms with Crippen LogP contribution in [0.3, 0.4) is 0 Å². The van der Waals surface area contributed by atoms with E-state index in [2.05, 4.69) is 82.4 Å². The van der Waals surface area contributed by atoms with Crippen molar-refractivity contribution in [2.45, 2.75) is 25.3 Å². The highest BCUT2D eigenvalue weighted by Gasteiger charge is 2.67. The van der Waals surface area contributed by atoms with Crippen molar-refractivity contribution in [3.63, 3.8) is 0 Å². The van der Waals surface area contributed by atoms with Gasteiger partial charge in [0.15, 0.2) is 0 Å². The van der Waals surface area contributed by atoms with Crippen molar-refractivity contribution in [3.8, 4) is 0 Å². The summed E-state index contributed by atoms with van der Waals surface area (Å²) in [7, 11) is 0. The van der Waals surface area contributed by atoms with Crippen LogP contribution in [0.25, 0.3) is 0 Å². The number of rotatable bonds is 4. The molecule has 2 unspecified atom stereocenters. The zero-order valence-corrected chi connectivity index (χ0v) is 14.6. The summed E-state index contributed by atoms with van der Waals surface area (Å²) in [5.41, 5.74) is 3.42. The van der Waals surface area contributed by atoms with Crippen molar-refractivity contribution in [3.05, 3.63) is 70.2 Å². The van der Waals surface area contributed by atoms with E-state index in [4.69, 9.17) is 0 Å². The SMILES string of the molecule is CCC1(c2cccc(Br)c2)C2CN(Cc3ccccc3)CC21. The molecule has 4 rings (SSSR count). The number of halogens is 1. The van der Waals surface area contributed by atoms with Gasteiger partial charge in [-0.2, -0.15) is 0 Å². The predicted molar refractivity (Wildman–Crippen MR) is 94.8 cm³/mol. The van der Waals surface area contributed by atoms with Crippen LogP contribution in [0.2, 0.25) is 0 Å². The molecule has 2 aliphatic rings. The second-order valence-corrected chi connectivity index (χ2v) is 7.71. The molecule has 2 aromatic rings. The Hall–Kier alpha value is -1.12. The Morgan fingerprint density at radius 3 is 2.41 bits per heavy atom. The molecule has 1 aliphatic heterocycles. The molecule has 1 heterocycles. The van der Waals surface area contributed by atoms with Crippen molar-refractivity contribution >= 4 is 15.9 Å². The second kappa shape index (κ2) is 5.50. The number of likely N-dealkylation sites (tertiary alicyclic amines) is 1. The summed E-state index contributed by atoms with van der Waals surface area (Å²) in [6.45, 7) is 5.96. The third-order valence-electron chi connectivity index (χ3n) is 5.81. The lowest BCUT2D eigenvalue weighted by molar-refractivity contribution is 0.262. The smallest absolute Gasteiger partial charge is 0.0233 e. The number of hydrogen-bond acceptors (Lipinski definition) is 1. The first kappa shape index (κ1) is 14.5. The summed E-state index contributed by atoms with van der Waals surface area (Å²) in [6.07, 6.45) is 1.26. The number of benzene rings is 2. The lowest BCUT2D eigenvalue weighted by Crippen LogP contribution is -2.29. The van der Waals surface area contributed by atoms with Crippen LogP contribution in [0.1, 0.15) is 24.5 Å². The first-order chi connectivity index (χ1) is 10.7. The molecule has 1 saturated heterocycles. The number of fused-ring (bicyclic) bond motifs is 1. The Morgan fingerprint density at radius 2 is 1.77 bits per heavy atom. The van der Waals surface area contributed by atoms with Gasteiger partial charge in [0.05, 0.1) is 0 Å². The molecule has 2 atom stereocenters. The van der Waals surface area contributed by atoms with E-state index in [0.717, 1.165) is 18.4 Å². The minimum Gasteiger partial charge on any atom is -0.298 e. The average Bonchev–Trinajstić information content (AvgIpc) is 2.92. The fourth-order valence-electron chi connectivity index (χ4n) is 4.72. The molecule has 0 spiro atoms. The summed E-state index contributed by atoms with van der Waals surface area (Å²) in [5.74, 6) is 1.69. The lowest BCUT2D eigenvalue weighted by Gasteiger charge is -2.26. The maximum atomic E-state index is 3.64. The molecule has 2 heteroatoms. The number of nitrogens with zero attached hydrogens (tertiary/aromatic N) is 1. The van der Waals surface area contributed by atoms with Crippen LogP contribution in [0.5, 0.6) is 0 Å². The summed E-state index contributed by atoms with van der Waals surface area (Å²) in [4.78, 5) is 2.64. The second-order valence-electron chi connectivity index (χ2n) is 6.80. The van der Waals surface area contributed by atoms with E-state index >= 15 is 0 Å². The Bertz CT molecular complexity index is 654. The van der Waals surface area contributed by atoms with Gasteiger partial charge in [0, 0.05) is 29.5 Å². The van der Waals surface area contributed by atoms with Gasteiger partial charge in [-0.3, -0.25) is 4.90 Å². The van der Waals surface area contributed by atoms with Crippen molar-refractivity contribution in [1.82, 2.24) is 4.90 Å². The topological polar surface area (TPSA) is 3.24 Å². The first-order valence-electron chi connectivity index (χ1n) is 8.26. The van der Waals surface area contributed by atoms with Gasteiger partial charge in [0.2, 0.25) is 0 Å². The Morgan fingerprint density at radius 1 is 1.05 bits per heavy atom. The molecule has 0 aromatic heterocycles. The van der Waals surface area contributed by atoms with Gasteiger partial charge in [-0.25, -0.2) is 0 Å². The normalized spacial score (nSPS) is 30.3. The molecule has 0 bridgehead atoms. The molecular weight excluding hydrogens is 334 g/mol. The van der Waals surface area contributed by atoms with Crippen LogP contribution in [0.4, 0.5) is 0 Å². The zero-order chi connectivity index (χ0) is 15.2. The highest BCUT2D eigenvalue weighted by atomic mass is 79.9. The van der Waals surface area contributed by atoms with Gasteiger partial charge in [-0.1, -0.05) is 65.3 Å². The number of hydrogen-bond donors (Lipinski definition) is 0. The third-order valence-corrected chi connectivity index (χ3v) is 6.30. The Kier molecular flexibility index (Phi) is 3.62. The van der Waals surface area contributed by atoms with Gasteiger partial charge in [0.1, 0.15) is 0 Å². The van der Waals surface area contributed by atoms with Gasteiger partial charge < -0.3 is 0 Å². The van der Waals surface area contributed by atoms with Crippen molar-refractivity contribution in [2.75, 3.05) is 13.1 Å². The van der Waals surface area contributed by atoms with Gasteiger partial charge in [0.25, 0.3) is 0 Å². The highest BCUT2D eigenvalue weighted by molar-refractivity contribution is 9.10. The summed E-state index contributed by atoms with van der Waals surface area (Å²) < 4.78 is 1.21. The molecule has 2 aromatic carbocycles. The molecule has 1 nitrogen and oxygen atoms in total. The lowest BCUT2D eigenvalue weighted by atomic mass is 9.87. The van der Waals surface area contributed by atoms with E-state index in [1.54, 1.807) is 5.56 Å². The number of piperidine rings is 1. The van der Waals surface area contributed by atoms with Crippen molar-refractivity contribution in [1.29, 1.82) is 0 Å². The molecule has 22 heavy (non-hydrogen) atoms. The minimum atomic E-state index is 0.441. The summed E-state index contributed by atoms with van der Waals surface area (Å²) >= 11 is 3.64. The van der Waals surface area contributed by atoms with Crippen LogP contribution in [0.15, 0.2) is 59.1 Å². The van der Waals surface area contributed by atoms with E-state index in [1.807, 2.05) is 0 Å².